The van der Waals surface area contributed by atoms with Crippen LogP contribution >= 0.6 is 0 Å². The van der Waals surface area contributed by atoms with Gasteiger partial charge in [-0.05, 0) is 33.3 Å². The van der Waals surface area contributed by atoms with Crippen molar-refractivity contribution in [3.63, 3.8) is 0 Å². The van der Waals surface area contributed by atoms with Crippen molar-refractivity contribution in [1.82, 2.24) is 5.32 Å². The SMILES string of the molecule is Cc1ccc([C@H](C)NC(=O)C(C)(C)CN)cc1. The Labute approximate surface area is 103 Å². The summed E-state index contributed by atoms with van der Waals surface area (Å²) >= 11 is 0. The molecule has 0 aliphatic heterocycles. The number of nitrogens with two attached hydrogens (primary N) is 1. The summed E-state index contributed by atoms with van der Waals surface area (Å²) in [6.07, 6.45) is 0. The summed E-state index contributed by atoms with van der Waals surface area (Å²) in [6.45, 7) is 8.08. The molecule has 0 aliphatic carbocycles. The van der Waals surface area contributed by atoms with Gasteiger partial charge in [0.2, 0.25) is 5.91 Å². The Balaban J connectivity index is 2.70. The second-order valence-corrected chi connectivity index (χ2v) is 5.19. The van der Waals surface area contributed by atoms with Crippen LogP contribution in [0.25, 0.3) is 0 Å². The molecule has 0 bridgehead atoms. The Hall–Kier alpha value is -1.35. The van der Waals surface area contributed by atoms with Gasteiger partial charge >= 0.3 is 0 Å². The summed E-state index contributed by atoms with van der Waals surface area (Å²) in [6, 6.07) is 8.18. The van der Waals surface area contributed by atoms with E-state index < -0.39 is 5.41 Å². The number of nitrogens with one attached hydrogen (secondary N) is 1. The molecule has 0 aliphatic rings. The van der Waals surface area contributed by atoms with Crippen molar-refractivity contribution < 1.29 is 4.79 Å². The molecule has 0 saturated carbocycles. The minimum Gasteiger partial charge on any atom is -0.349 e. The van der Waals surface area contributed by atoms with Crippen LogP contribution in [-0.2, 0) is 4.79 Å². The predicted molar refractivity (Wildman–Crippen MR) is 70.6 cm³/mol. The maximum Gasteiger partial charge on any atom is 0.227 e. The maximum atomic E-state index is 12.0. The molecular weight excluding hydrogens is 212 g/mol. The van der Waals surface area contributed by atoms with Gasteiger partial charge in [0.15, 0.2) is 0 Å². The molecule has 0 fully saturated rings. The van der Waals surface area contributed by atoms with Crippen molar-refractivity contribution in [2.45, 2.75) is 33.7 Å². The van der Waals surface area contributed by atoms with Crippen LogP contribution in [0.1, 0.15) is 37.9 Å². The summed E-state index contributed by atoms with van der Waals surface area (Å²) in [7, 11) is 0. The van der Waals surface area contributed by atoms with E-state index in [9.17, 15) is 4.79 Å². The van der Waals surface area contributed by atoms with Crippen LogP contribution in [0.2, 0.25) is 0 Å². The third-order valence-corrected chi connectivity index (χ3v) is 3.05. The zero-order valence-electron chi connectivity index (χ0n) is 11.1. The molecule has 1 aromatic carbocycles. The van der Waals surface area contributed by atoms with Gasteiger partial charge in [0.05, 0.1) is 11.5 Å². The van der Waals surface area contributed by atoms with E-state index in [-0.39, 0.29) is 11.9 Å². The van der Waals surface area contributed by atoms with E-state index in [4.69, 9.17) is 5.73 Å². The second-order valence-electron chi connectivity index (χ2n) is 5.19. The molecule has 17 heavy (non-hydrogen) atoms. The fraction of sp³-hybridized carbons (Fsp3) is 0.500. The largest absolute Gasteiger partial charge is 0.349 e. The summed E-state index contributed by atoms with van der Waals surface area (Å²) in [4.78, 5) is 12.0. The van der Waals surface area contributed by atoms with Crippen molar-refractivity contribution in [2.24, 2.45) is 11.1 Å². The maximum absolute atomic E-state index is 12.0. The Kier molecular flexibility index (Phi) is 4.29. The number of amides is 1. The molecule has 1 rings (SSSR count). The standard InChI is InChI=1S/C14H22N2O/c1-10-5-7-12(8-6-10)11(2)16-13(17)14(3,4)9-15/h5-8,11H,9,15H2,1-4H3,(H,16,17)/t11-/m0/s1. The van der Waals surface area contributed by atoms with E-state index in [0.717, 1.165) is 5.56 Å². The molecule has 0 radical (unpaired) electrons. The van der Waals surface area contributed by atoms with E-state index in [0.29, 0.717) is 6.54 Å². The Morgan fingerprint density at radius 1 is 1.35 bits per heavy atom. The van der Waals surface area contributed by atoms with E-state index in [1.165, 1.54) is 5.56 Å². The number of rotatable bonds is 4. The molecule has 3 heteroatoms. The molecule has 3 nitrogen and oxygen atoms in total. The molecular formula is C14H22N2O. The third kappa shape index (κ3) is 3.56. The summed E-state index contributed by atoms with van der Waals surface area (Å²) in [5, 5.41) is 2.99. The highest BCUT2D eigenvalue weighted by atomic mass is 16.2. The molecule has 0 saturated heterocycles. The number of benzene rings is 1. The van der Waals surface area contributed by atoms with Crippen molar-refractivity contribution in [2.75, 3.05) is 6.54 Å². The minimum absolute atomic E-state index is 0.00641. The van der Waals surface area contributed by atoms with Crippen molar-refractivity contribution in [3.8, 4) is 0 Å². The lowest BCUT2D eigenvalue weighted by molar-refractivity contribution is -0.129. The highest BCUT2D eigenvalue weighted by molar-refractivity contribution is 5.82. The molecule has 0 heterocycles. The number of carbonyl (C=O) groups excluding carboxylic acids is 1. The highest BCUT2D eigenvalue weighted by Crippen LogP contribution is 2.17. The summed E-state index contributed by atoms with van der Waals surface area (Å²) < 4.78 is 0. The van der Waals surface area contributed by atoms with Gasteiger partial charge in [-0.15, -0.1) is 0 Å². The topological polar surface area (TPSA) is 55.1 Å². The number of hydrogen-bond donors (Lipinski definition) is 2. The van der Waals surface area contributed by atoms with Crippen LogP contribution in [0, 0.1) is 12.3 Å². The van der Waals surface area contributed by atoms with Crippen molar-refractivity contribution >= 4 is 5.91 Å². The summed E-state index contributed by atoms with van der Waals surface area (Å²) in [5.41, 5.74) is 7.39. The molecule has 0 spiro atoms. The van der Waals surface area contributed by atoms with Crippen LogP contribution in [0.4, 0.5) is 0 Å². The normalized spacial score (nSPS) is 13.2. The minimum atomic E-state index is -0.515. The smallest absolute Gasteiger partial charge is 0.227 e. The summed E-state index contributed by atoms with van der Waals surface area (Å²) in [5.74, 6) is -0.00641. The first-order valence-electron chi connectivity index (χ1n) is 5.94. The number of hydrogen-bond acceptors (Lipinski definition) is 2. The zero-order chi connectivity index (χ0) is 13.1. The molecule has 0 aromatic heterocycles. The van der Waals surface area contributed by atoms with Crippen LogP contribution in [0.3, 0.4) is 0 Å². The fourth-order valence-corrected chi connectivity index (χ4v) is 1.42. The average molecular weight is 234 g/mol. The lowest BCUT2D eigenvalue weighted by Crippen LogP contribution is -2.42. The van der Waals surface area contributed by atoms with E-state index in [1.54, 1.807) is 0 Å². The van der Waals surface area contributed by atoms with Crippen LogP contribution in [0.5, 0.6) is 0 Å². The van der Waals surface area contributed by atoms with E-state index in [2.05, 4.69) is 5.32 Å². The Bertz CT molecular complexity index is 382. The van der Waals surface area contributed by atoms with Gasteiger partial charge in [-0.2, -0.15) is 0 Å². The van der Waals surface area contributed by atoms with Gasteiger partial charge in [-0.25, -0.2) is 0 Å². The zero-order valence-corrected chi connectivity index (χ0v) is 11.1. The van der Waals surface area contributed by atoms with Crippen molar-refractivity contribution in [1.29, 1.82) is 0 Å². The third-order valence-electron chi connectivity index (χ3n) is 3.05. The molecule has 94 valence electrons. The van der Waals surface area contributed by atoms with E-state index in [1.807, 2.05) is 52.0 Å². The van der Waals surface area contributed by atoms with E-state index >= 15 is 0 Å². The molecule has 1 atom stereocenters. The molecule has 3 N–H and O–H groups in total. The van der Waals surface area contributed by atoms with Gasteiger partial charge in [0.1, 0.15) is 0 Å². The quantitative estimate of drug-likeness (QED) is 0.838. The van der Waals surface area contributed by atoms with Gasteiger partial charge in [-0.3, -0.25) is 4.79 Å². The Morgan fingerprint density at radius 3 is 2.35 bits per heavy atom. The number of carbonyl (C=O) groups is 1. The lowest BCUT2D eigenvalue weighted by Gasteiger charge is -2.24. The van der Waals surface area contributed by atoms with Gasteiger partial charge in [-0.1, -0.05) is 29.8 Å². The van der Waals surface area contributed by atoms with Crippen LogP contribution in [-0.4, -0.2) is 12.5 Å². The first kappa shape index (κ1) is 13.7. The second kappa shape index (κ2) is 5.32. The average Bonchev–Trinajstić information content (AvgIpc) is 2.29. The van der Waals surface area contributed by atoms with Gasteiger partial charge in [0, 0.05) is 6.54 Å². The fourth-order valence-electron chi connectivity index (χ4n) is 1.42. The van der Waals surface area contributed by atoms with Crippen LogP contribution in [0.15, 0.2) is 24.3 Å². The van der Waals surface area contributed by atoms with Gasteiger partial charge < -0.3 is 11.1 Å². The highest BCUT2D eigenvalue weighted by Gasteiger charge is 2.26. The Morgan fingerprint density at radius 2 is 1.88 bits per heavy atom. The molecule has 1 aromatic rings. The first-order chi connectivity index (χ1) is 7.86. The van der Waals surface area contributed by atoms with Crippen LogP contribution < -0.4 is 11.1 Å². The first-order valence-corrected chi connectivity index (χ1v) is 5.94. The number of aryl methyl sites for hydroxylation is 1. The molecule has 1 amide bonds. The lowest BCUT2D eigenvalue weighted by atomic mass is 9.92. The van der Waals surface area contributed by atoms with Gasteiger partial charge in [0.25, 0.3) is 0 Å². The van der Waals surface area contributed by atoms with Crippen molar-refractivity contribution in [3.05, 3.63) is 35.4 Å². The predicted octanol–water partition coefficient (Wildman–Crippen LogP) is 2.16. The molecule has 0 unspecified atom stereocenters. The monoisotopic (exact) mass is 234 g/mol.